The van der Waals surface area contributed by atoms with Gasteiger partial charge in [0.15, 0.2) is 0 Å². The number of nitrogens with zero attached hydrogens (tertiary/aromatic N) is 1. The van der Waals surface area contributed by atoms with E-state index < -0.39 is 0 Å². The van der Waals surface area contributed by atoms with Gasteiger partial charge in [0.05, 0.1) is 6.54 Å². The molecule has 0 aromatic rings. The molecule has 0 bridgehead atoms. The van der Waals surface area contributed by atoms with E-state index in [1.165, 1.54) is 4.90 Å². The van der Waals surface area contributed by atoms with Crippen molar-refractivity contribution in [2.45, 2.75) is 20.3 Å². The first-order chi connectivity index (χ1) is 7.52. The average Bonchev–Trinajstić information content (AvgIpc) is 2.25. The monoisotopic (exact) mass is 229 g/mol. The number of likely N-dealkylation sites (N-methyl/N-ethyl adjacent to an activating group) is 1. The summed E-state index contributed by atoms with van der Waals surface area (Å²) in [5.41, 5.74) is 0. The maximum atomic E-state index is 11.7. The van der Waals surface area contributed by atoms with Gasteiger partial charge in [0.2, 0.25) is 11.8 Å². The number of carbonyl (C=O) groups excluding carboxylic acids is 2. The second-order valence-corrected chi connectivity index (χ2v) is 4.00. The molecule has 0 radical (unpaired) electrons. The summed E-state index contributed by atoms with van der Waals surface area (Å²) in [6, 6.07) is 0. The summed E-state index contributed by atoms with van der Waals surface area (Å²) in [6.45, 7) is 5.25. The van der Waals surface area contributed by atoms with Gasteiger partial charge in [0, 0.05) is 26.1 Å². The van der Waals surface area contributed by atoms with Crippen molar-refractivity contribution in [1.82, 2.24) is 15.5 Å². The molecule has 94 valence electrons. The molecule has 0 rings (SSSR count). The zero-order chi connectivity index (χ0) is 12.6. The molecule has 2 N–H and O–H groups in total. The Morgan fingerprint density at radius 3 is 2.50 bits per heavy atom. The lowest BCUT2D eigenvalue weighted by Gasteiger charge is -2.20. The van der Waals surface area contributed by atoms with E-state index in [4.69, 9.17) is 0 Å². The minimum Gasteiger partial charge on any atom is -0.355 e. The van der Waals surface area contributed by atoms with Crippen molar-refractivity contribution in [3.63, 3.8) is 0 Å². The van der Waals surface area contributed by atoms with Crippen molar-refractivity contribution >= 4 is 11.8 Å². The van der Waals surface area contributed by atoms with E-state index in [2.05, 4.69) is 10.6 Å². The highest BCUT2D eigenvalue weighted by atomic mass is 16.2. The van der Waals surface area contributed by atoms with E-state index in [1.807, 2.05) is 13.8 Å². The molecule has 0 aliphatic heterocycles. The van der Waals surface area contributed by atoms with Crippen molar-refractivity contribution < 1.29 is 9.59 Å². The van der Waals surface area contributed by atoms with Crippen LogP contribution in [0.15, 0.2) is 0 Å². The second-order valence-electron chi connectivity index (χ2n) is 4.00. The molecule has 0 aliphatic carbocycles. The van der Waals surface area contributed by atoms with Crippen LogP contribution in [0.25, 0.3) is 0 Å². The van der Waals surface area contributed by atoms with Crippen LogP contribution in [-0.4, -0.2) is 50.4 Å². The number of hydrogen-bond donors (Lipinski definition) is 2. The Morgan fingerprint density at radius 2 is 2.00 bits per heavy atom. The van der Waals surface area contributed by atoms with Crippen LogP contribution in [0.1, 0.15) is 20.3 Å². The quantitative estimate of drug-likeness (QED) is 0.637. The summed E-state index contributed by atoms with van der Waals surface area (Å²) in [5, 5.41) is 5.68. The molecule has 1 unspecified atom stereocenters. The highest BCUT2D eigenvalue weighted by Gasteiger charge is 2.18. The molecule has 2 amide bonds. The Balaban J connectivity index is 3.99. The van der Waals surface area contributed by atoms with Gasteiger partial charge in [-0.2, -0.15) is 0 Å². The maximum Gasteiger partial charge on any atom is 0.239 e. The minimum atomic E-state index is -0.103. The summed E-state index contributed by atoms with van der Waals surface area (Å²) < 4.78 is 0. The fourth-order valence-electron chi connectivity index (χ4n) is 1.38. The Kier molecular flexibility index (Phi) is 7.54. The van der Waals surface area contributed by atoms with E-state index in [0.717, 1.165) is 6.42 Å². The van der Waals surface area contributed by atoms with E-state index in [0.29, 0.717) is 13.1 Å². The largest absolute Gasteiger partial charge is 0.355 e. The fraction of sp³-hybridized carbons (Fsp3) is 0.818. The predicted octanol–water partition coefficient (Wildman–Crippen LogP) is -0.173. The van der Waals surface area contributed by atoms with Crippen LogP contribution < -0.4 is 10.6 Å². The molecule has 5 nitrogen and oxygen atoms in total. The first-order valence-corrected chi connectivity index (χ1v) is 5.69. The van der Waals surface area contributed by atoms with Gasteiger partial charge in [-0.3, -0.25) is 9.59 Å². The van der Waals surface area contributed by atoms with Crippen LogP contribution in [0, 0.1) is 5.92 Å². The third-order valence-corrected chi connectivity index (χ3v) is 2.26. The molecular weight excluding hydrogens is 206 g/mol. The lowest BCUT2D eigenvalue weighted by Crippen LogP contribution is -2.42. The standard InChI is InChI=1S/C11H23N3O2/c1-5-6-13-10(15)8-14(4)11(16)9(2)7-12-3/h9,12H,5-8H2,1-4H3,(H,13,15). The fourth-order valence-corrected chi connectivity index (χ4v) is 1.38. The summed E-state index contributed by atoms with van der Waals surface area (Å²) >= 11 is 0. The lowest BCUT2D eigenvalue weighted by atomic mass is 10.1. The molecule has 0 spiro atoms. The lowest BCUT2D eigenvalue weighted by molar-refractivity contribution is -0.137. The zero-order valence-corrected chi connectivity index (χ0v) is 10.7. The number of amides is 2. The van der Waals surface area contributed by atoms with E-state index in [9.17, 15) is 9.59 Å². The molecule has 5 heteroatoms. The van der Waals surface area contributed by atoms with Crippen LogP contribution in [0.2, 0.25) is 0 Å². The summed E-state index contributed by atoms with van der Waals surface area (Å²) in [6.07, 6.45) is 0.902. The van der Waals surface area contributed by atoms with Crippen LogP contribution in [0.4, 0.5) is 0 Å². The van der Waals surface area contributed by atoms with Gasteiger partial charge in [-0.15, -0.1) is 0 Å². The molecule has 0 aromatic heterocycles. The Labute approximate surface area is 97.6 Å². The molecular formula is C11H23N3O2. The zero-order valence-electron chi connectivity index (χ0n) is 10.7. The third kappa shape index (κ3) is 5.70. The van der Waals surface area contributed by atoms with Gasteiger partial charge in [-0.05, 0) is 13.5 Å². The normalized spacial score (nSPS) is 12.0. The molecule has 0 saturated carbocycles. The van der Waals surface area contributed by atoms with E-state index in [-0.39, 0.29) is 24.3 Å². The highest BCUT2D eigenvalue weighted by molar-refractivity contribution is 5.85. The topological polar surface area (TPSA) is 61.4 Å². The molecule has 0 aliphatic rings. The van der Waals surface area contributed by atoms with E-state index in [1.54, 1.807) is 14.1 Å². The molecule has 0 fully saturated rings. The van der Waals surface area contributed by atoms with E-state index >= 15 is 0 Å². The van der Waals surface area contributed by atoms with Gasteiger partial charge in [-0.1, -0.05) is 13.8 Å². The summed E-state index contributed by atoms with van der Waals surface area (Å²) in [5.74, 6) is -0.218. The number of rotatable bonds is 7. The smallest absolute Gasteiger partial charge is 0.239 e. The van der Waals surface area contributed by atoms with Crippen molar-refractivity contribution in [3.05, 3.63) is 0 Å². The van der Waals surface area contributed by atoms with Crippen LogP contribution in [-0.2, 0) is 9.59 Å². The van der Waals surface area contributed by atoms with Gasteiger partial charge in [0.25, 0.3) is 0 Å². The minimum absolute atomic E-state index is 0.0130. The first-order valence-electron chi connectivity index (χ1n) is 5.69. The SMILES string of the molecule is CCCNC(=O)CN(C)C(=O)C(C)CNC. The molecule has 1 atom stereocenters. The molecule has 0 aromatic carbocycles. The molecule has 16 heavy (non-hydrogen) atoms. The van der Waals surface area contributed by atoms with Gasteiger partial charge in [0.1, 0.15) is 0 Å². The van der Waals surface area contributed by atoms with Crippen molar-refractivity contribution in [3.8, 4) is 0 Å². The summed E-state index contributed by atoms with van der Waals surface area (Å²) in [7, 11) is 3.46. The van der Waals surface area contributed by atoms with Crippen LogP contribution in [0.5, 0.6) is 0 Å². The van der Waals surface area contributed by atoms with Crippen LogP contribution in [0.3, 0.4) is 0 Å². The van der Waals surface area contributed by atoms with Crippen LogP contribution >= 0.6 is 0 Å². The van der Waals surface area contributed by atoms with Crippen molar-refractivity contribution in [2.24, 2.45) is 5.92 Å². The van der Waals surface area contributed by atoms with Gasteiger partial charge in [-0.25, -0.2) is 0 Å². The molecule has 0 saturated heterocycles. The van der Waals surface area contributed by atoms with Crippen molar-refractivity contribution in [2.75, 3.05) is 33.7 Å². The third-order valence-electron chi connectivity index (χ3n) is 2.26. The number of hydrogen-bond acceptors (Lipinski definition) is 3. The Hall–Kier alpha value is -1.10. The number of carbonyl (C=O) groups is 2. The second kappa shape index (κ2) is 8.10. The predicted molar refractivity (Wildman–Crippen MR) is 64.0 cm³/mol. The van der Waals surface area contributed by atoms with Gasteiger partial charge >= 0.3 is 0 Å². The average molecular weight is 229 g/mol. The highest BCUT2D eigenvalue weighted by Crippen LogP contribution is 1.98. The Morgan fingerprint density at radius 1 is 1.38 bits per heavy atom. The van der Waals surface area contributed by atoms with Gasteiger partial charge < -0.3 is 15.5 Å². The summed E-state index contributed by atoms with van der Waals surface area (Å²) in [4.78, 5) is 24.6. The first kappa shape index (κ1) is 14.9. The number of nitrogens with one attached hydrogen (secondary N) is 2. The Bertz CT molecular complexity index is 231. The van der Waals surface area contributed by atoms with Crippen molar-refractivity contribution in [1.29, 1.82) is 0 Å². The maximum absolute atomic E-state index is 11.7. The molecule has 0 heterocycles.